The molecule has 0 amide bonds. The van der Waals surface area contributed by atoms with Crippen LogP contribution in [0.15, 0.2) is 48.5 Å². The van der Waals surface area contributed by atoms with E-state index in [1.165, 1.54) is 11.1 Å². The van der Waals surface area contributed by atoms with Gasteiger partial charge in [0, 0.05) is 17.9 Å². The van der Waals surface area contributed by atoms with E-state index in [1.54, 1.807) is 0 Å². The molecule has 112 valence electrons. The van der Waals surface area contributed by atoms with Gasteiger partial charge in [-0.15, -0.1) is 0 Å². The van der Waals surface area contributed by atoms with Crippen molar-refractivity contribution in [2.24, 2.45) is 0 Å². The van der Waals surface area contributed by atoms with Gasteiger partial charge in [-0.05, 0) is 29.7 Å². The molecule has 2 aliphatic rings. The number of hydrogen-bond donors (Lipinski definition) is 0. The van der Waals surface area contributed by atoms with Crippen molar-refractivity contribution in [1.82, 2.24) is 0 Å². The smallest absolute Gasteiger partial charge is 0.0921 e. The molecular formula is C19H18ClNO. The predicted octanol–water partition coefficient (Wildman–Crippen LogP) is 4.80. The molecule has 0 N–H and O–H groups in total. The third-order valence-corrected chi connectivity index (χ3v) is 4.90. The number of halogens is 1. The van der Waals surface area contributed by atoms with Crippen molar-refractivity contribution in [2.45, 2.75) is 31.9 Å². The van der Waals surface area contributed by atoms with Crippen molar-refractivity contribution < 1.29 is 4.84 Å². The lowest BCUT2D eigenvalue weighted by molar-refractivity contribution is 0.0750. The first-order valence-electron chi connectivity index (χ1n) is 7.69. The largest absolute Gasteiger partial charge is 0.269 e. The van der Waals surface area contributed by atoms with Gasteiger partial charge in [0.05, 0.1) is 17.8 Å². The van der Waals surface area contributed by atoms with Gasteiger partial charge in [0.15, 0.2) is 0 Å². The normalized spacial score (nSPS) is 23.1. The van der Waals surface area contributed by atoms with Crippen molar-refractivity contribution >= 4 is 23.4 Å². The highest BCUT2D eigenvalue weighted by Gasteiger charge is 2.39. The second-order valence-corrected chi connectivity index (χ2v) is 6.42. The van der Waals surface area contributed by atoms with Crippen LogP contribution in [0.1, 0.15) is 23.1 Å². The summed E-state index contributed by atoms with van der Waals surface area (Å²) in [5.74, 6) is 0. The van der Waals surface area contributed by atoms with E-state index in [2.05, 4.69) is 54.5 Å². The Hall–Kier alpha value is -1.77. The highest BCUT2D eigenvalue weighted by Crippen LogP contribution is 2.42. The van der Waals surface area contributed by atoms with Crippen molar-refractivity contribution in [1.29, 1.82) is 0 Å². The molecule has 0 unspecified atom stereocenters. The zero-order chi connectivity index (χ0) is 15.1. The number of fused-ring (bicyclic) bond motifs is 4. The summed E-state index contributed by atoms with van der Waals surface area (Å²) in [6, 6.07) is 14.8. The summed E-state index contributed by atoms with van der Waals surface area (Å²) in [6.45, 7) is 2.07. The van der Waals surface area contributed by atoms with E-state index in [4.69, 9.17) is 16.4 Å². The SMILES string of the molecule is Cc1c(Cl)ccc2c1N1O[C@H](C2)C[C@@H]1/C=C/c1ccccc1. The van der Waals surface area contributed by atoms with Crippen LogP contribution in [-0.2, 0) is 11.3 Å². The van der Waals surface area contributed by atoms with Gasteiger partial charge in [0.1, 0.15) is 0 Å². The molecule has 2 bridgehead atoms. The molecular weight excluding hydrogens is 294 g/mol. The molecule has 1 saturated heterocycles. The molecule has 0 aliphatic carbocycles. The minimum atomic E-state index is 0.267. The summed E-state index contributed by atoms with van der Waals surface area (Å²) in [6.07, 6.45) is 6.69. The summed E-state index contributed by atoms with van der Waals surface area (Å²) in [7, 11) is 0. The maximum Gasteiger partial charge on any atom is 0.0921 e. The van der Waals surface area contributed by atoms with E-state index in [-0.39, 0.29) is 12.1 Å². The molecule has 3 heteroatoms. The van der Waals surface area contributed by atoms with Gasteiger partial charge in [0.2, 0.25) is 0 Å². The maximum atomic E-state index is 6.30. The van der Waals surface area contributed by atoms with Gasteiger partial charge in [-0.3, -0.25) is 4.84 Å². The average Bonchev–Trinajstić information content (AvgIpc) is 2.86. The Bertz CT molecular complexity index is 726. The summed E-state index contributed by atoms with van der Waals surface area (Å²) < 4.78 is 0. The van der Waals surface area contributed by atoms with Crippen LogP contribution in [0.3, 0.4) is 0 Å². The third-order valence-electron chi connectivity index (χ3n) is 4.50. The quantitative estimate of drug-likeness (QED) is 0.790. The van der Waals surface area contributed by atoms with E-state index >= 15 is 0 Å². The fourth-order valence-electron chi connectivity index (χ4n) is 3.38. The fourth-order valence-corrected chi connectivity index (χ4v) is 3.53. The monoisotopic (exact) mass is 311 g/mol. The van der Waals surface area contributed by atoms with Crippen LogP contribution in [0.25, 0.3) is 6.08 Å². The second kappa shape index (κ2) is 5.45. The van der Waals surface area contributed by atoms with Gasteiger partial charge in [-0.25, -0.2) is 5.06 Å². The zero-order valence-corrected chi connectivity index (χ0v) is 13.3. The topological polar surface area (TPSA) is 12.5 Å². The molecule has 2 aromatic carbocycles. The summed E-state index contributed by atoms with van der Waals surface area (Å²) in [5, 5.41) is 2.86. The first-order chi connectivity index (χ1) is 10.7. The van der Waals surface area contributed by atoms with Crippen LogP contribution in [-0.4, -0.2) is 12.1 Å². The number of rotatable bonds is 2. The Labute approximate surface area is 135 Å². The summed E-state index contributed by atoms with van der Waals surface area (Å²) in [4.78, 5) is 6.08. The van der Waals surface area contributed by atoms with Gasteiger partial charge < -0.3 is 0 Å². The van der Waals surface area contributed by atoms with Crippen LogP contribution in [0.2, 0.25) is 5.02 Å². The van der Waals surface area contributed by atoms with Crippen molar-refractivity contribution in [3.8, 4) is 0 Å². The van der Waals surface area contributed by atoms with Crippen LogP contribution in [0.5, 0.6) is 0 Å². The van der Waals surface area contributed by atoms with Crippen molar-refractivity contribution in [3.05, 3.63) is 70.3 Å². The highest BCUT2D eigenvalue weighted by molar-refractivity contribution is 6.31. The van der Waals surface area contributed by atoms with E-state index in [0.717, 1.165) is 29.1 Å². The Morgan fingerprint density at radius 1 is 1.18 bits per heavy atom. The summed E-state index contributed by atoms with van der Waals surface area (Å²) >= 11 is 6.30. The van der Waals surface area contributed by atoms with Gasteiger partial charge >= 0.3 is 0 Å². The molecule has 0 saturated carbocycles. The molecule has 2 aromatic rings. The number of nitrogens with zero attached hydrogens (tertiary/aromatic N) is 1. The first kappa shape index (κ1) is 13.9. The van der Waals surface area contributed by atoms with Gasteiger partial charge in [-0.1, -0.05) is 60.2 Å². The van der Waals surface area contributed by atoms with Crippen LogP contribution in [0, 0.1) is 6.92 Å². The molecule has 0 radical (unpaired) electrons. The minimum Gasteiger partial charge on any atom is -0.269 e. The second-order valence-electron chi connectivity index (χ2n) is 6.01. The van der Waals surface area contributed by atoms with Gasteiger partial charge in [0.25, 0.3) is 0 Å². The van der Waals surface area contributed by atoms with Crippen molar-refractivity contribution in [3.63, 3.8) is 0 Å². The van der Waals surface area contributed by atoms with E-state index in [1.807, 2.05) is 12.1 Å². The zero-order valence-electron chi connectivity index (χ0n) is 12.5. The lowest BCUT2D eigenvalue weighted by Crippen LogP contribution is -2.31. The maximum absolute atomic E-state index is 6.30. The standard InChI is InChI=1S/C19H18ClNO/c1-13-18(20)10-8-15-11-17-12-16(21(22-17)19(13)15)9-7-14-5-3-2-4-6-14/h2-10,16-17H,11-12H2,1H3/b9-7+/t16-,17+/m0/s1. The lowest BCUT2D eigenvalue weighted by Gasteiger charge is -2.31. The Kier molecular flexibility index (Phi) is 3.44. The van der Waals surface area contributed by atoms with Gasteiger partial charge in [-0.2, -0.15) is 0 Å². The predicted molar refractivity (Wildman–Crippen MR) is 91.1 cm³/mol. The lowest BCUT2D eigenvalue weighted by atomic mass is 10.0. The molecule has 1 fully saturated rings. The number of hydrogen-bond acceptors (Lipinski definition) is 2. The number of hydroxylamine groups is 1. The third kappa shape index (κ3) is 2.33. The molecule has 4 rings (SSSR count). The minimum absolute atomic E-state index is 0.267. The first-order valence-corrected chi connectivity index (χ1v) is 8.07. The molecule has 2 atom stereocenters. The van der Waals surface area contributed by atoms with Crippen molar-refractivity contribution in [2.75, 3.05) is 5.06 Å². The molecule has 2 heterocycles. The van der Waals surface area contributed by atoms with Crippen LogP contribution in [0.4, 0.5) is 5.69 Å². The van der Waals surface area contributed by atoms with E-state index < -0.39 is 0 Å². The van der Waals surface area contributed by atoms with E-state index in [9.17, 15) is 0 Å². The Morgan fingerprint density at radius 3 is 2.82 bits per heavy atom. The Balaban J connectivity index is 1.67. The molecule has 0 aromatic heterocycles. The Morgan fingerprint density at radius 2 is 2.00 bits per heavy atom. The molecule has 0 spiro atoms. The summed E-state index contributed by atoms with van der Waals surface area (Å²) in [5.41, 5.74) is 4.82. The van der Waals surface area contributed by atoms with E-state index in [0.29, 0.717) is 0 Å². The highest BCUT2D eigenvalue weighted by atomic mass is 35.5. The molecule has 2 aliphatic heterocycles. The molecule has 22 heavy (non-hydrogen) atoms. The average molecular weight is 312 g/mol. The number of benzene rings is 2. The van der Waals surface area contributed by atoms with Crippen LogP contribution < -0.4 is 5.06 Å². The number of anilines is 1. The van der Waals surface area contributed by atoms with Crippen LogP contribution >= 0.6 is 11.6 Å². The fraction of sp³-hybridized carbons (Fsp3) is 0.263. The molecule has 2 nitrogen and oxygen atoms in total.